The van der Waals surface area contributed by atoms with Crippen molar-refractivity contribution in [2.75, 3.05) is 6.54 Å². The molecule has 1 N–H and O–H groups in total. The Labute approximate surface area is 108 Å². The minimum Gasteiger partial charge on any atom is -0.342 e. The third kappa shape index (κ3) is 4.39. The lowest BCUT2D eigenvalue weighted by Gasteiger charge is -2.20. The highest BCUT2D eigenvalue weighted by Crippen LogP contribution is 2.24. The number of carbonyl (C=O) groups excluding carboxylic acids is 1. The quantitative estimate of drug-likeness (QED) is 0.645. The molecule has 0 atom stereocenters. The molecule has 0 aliphatic carbocycles. The summed E-state index contributed by atoms with van der Waals surface area (Å²) in [5.41, 5.74) is 4.03. The van der Waals surface area contributed by atoms with Gasteiger partial charge in [-0.3, -0.25) is 4.79 Å². The largest absolute Gasteiger partial charge is 0.342 e. The van der Waals surface area contributed by atoms with Crippen molar-refractivity contribution in [1.82, 2.24) is 5.32 Å². The van der Waals surface area contributed by atoms with Gasteiger partial charge in [0.15, 0.2) is 0 Å². The molecule has 1 rings (SSSR count). The first-order valence-electron chi connectivity index (χ1n) is 5.84. The minimum atomic E-state index is -0.492. The Balaban J connectivity index is 2.73. The smallest absolute Gasteiger partial charge is 0.313 e. The SMILES string of the molecule is Cc1cc(C(C)(C)C)ccc1CCNC(=O)Cl. The van der Waals surface area contributed by atoms with Crippen LogP contribution in [-0.4, -0.2) is 11.9 Å². The summed E-state index contributed by atoms with van der Waals surface area (Å²) in [5, 5.41) is 2.10. The first-order chi connectivity index (χ1) is 7.80. The number of rotatable bonds is 3. The molecule has 0 aromatic heterocycles. The van der Waals surface area contributed by atoms with Crippen molar-refractivity contribution in [3.8, 4) is 0 Å². The first kappa shape index (κ1) is 14.0. The Hall–Kier alpha value is -1.02. The molecule has 2 nitrogen and oxygen atoms in total. The molecular formula is C14H20ClNO. The van der Waals surface area contributed by atoms with Crippen LogP contribution >= 0.6 is 11.6 Å². The van der Waals surface area contributed by atoms with Crippen LogP contribution in [-0.2, 0) is 11.8 Å². The van der Waals surface area contributed by atoms with Crippen molar-refractivity contribution < 1.29 is 4.79 Å². The van der Waals surface area contributed by atoms with Crippen LogP contribution < -0.4 is 5.32 Å². The van der Waals surface area contributed by atoms with Crippen LogP contribution in [0.4, 0.5) is 4.79 Å². The summed E-state index contributed by atoms with van der Waals surface area (Å²) in [4.78, 5) is 10.6. The van der Waals surface area contributed by atoms with Gasteiger partial charge in [-0.05, 0) is 47.1 Å². The van der Waals surface area contributed by atoms with Gasteiger partial charge in [0.25, 0.3) is 0 Å². The number of hydrogen-bond donors (Lipinski definition) is 1. The average Bonchev–Trinajstić information content (AvgIpc) is 2.18. The Morgan fingerprint density at radius 1 is 1.35 bits per heavy atom. The molecule has 0 saturated heterocycles. The highest BCUT2D eigenvalue weighted by atomic mass is 35.5. The van der Waals surface area contributed by atoms with Gasteiger partial charge in [0.1, 0.15) is 0 Å². The van der Waals surface area contributed by atoms with Crippen LogP contribution in [0.5, 0.6) is 0 Å². The summed E-state index contributed by atoms with van der Waals surface area (Å²) < 4.78 is 0. The summed E-state index contributed by atoms with van der Waals surface area (Å²) in [6, 6.07) is 6.51. The topological polar surface area (TPSA) is 29.1 Å². The molecule has 0 bridgehead atoms. The summed E-state index contributed by atoms with van der Waals surface area (Å²) in [6.07, 6.45) is 0.814. The van der Waals surface area contributed by atoms with Crippen LogP contribution in [0.1, 0.15) is 37.5 Å². The Kier molecular flexibility index (Phi) is 4.58. The van der Waals surface area contributed by atoms with Crippen molar-refractivity contribution in [1.29, 1.82) is 0 Å². The number of halogens is 1. The number of carbonyl (C=O) groups is 1. The second kappa shape index (κ2) is 5.54. The van der Waals surface area contributed by atoms with E-state index in [1.54, 1.807) is 0 Å². The molecule has 1 amide bonds. The van der Waals surface area contributed by atoms with Gasteiger partial charge >= 0.3 is 5.37 Å². The zero-order valence-corrected chi connectivity index (χ0v) is 11.7. The lowest BCUT2D eigenvalue weighted by molar-refractivity contribution is 0.260. The predicted octanol–water partition coefficient (Wildman–Crippen LogP) is 3.78. The molecule has 1 aromatic carbocycles. The summed E-state index contributed by atoms with van der Waals surface area (Å²) in [6.45, 7) is 9.30. The Bertz CT molecular complexity index is 407. The molecule has 0 unspecified atom stereocenters. The lowest BCUT2D eigenvalue weighted by Crippen LogP contribution is -2.20. The second-order valence-corrected chi connectivity index (χ2v) is 5.69. The Morgan fingerprint density at radius 2 is 2.00 bits per heavy atom. The molecule has 0 spiro atoms. The maximum Gasteiger partial charge on any atom is 0.313 e. The summed E-state index contributed by atoms with van der Waals surface area (Å²) in [7, 11) is 0. The van der Waals surface area contributed by atoms with E-state index in [1.807, 2.05) is 0 Å². The molecule has 0 heterocycles. The van der Waals surface area contributed by atoms with Crippen molar-refractivity contribution in [3.05, 3.63) is 34.9 Å². The standard InChI is InChI=1S/C14H20ClNO/c1-10-9-12(14(2,3)4)6-5-11(10)7-8-16-13(15)17/h5-6,9H,7-8H2,1-4H3,(H,16,17). The average molecular weight is 254 g/mol. The van der Waals surface area contributed by atoms with E-state index in [4.69, 9.17) is 11.6 Å². The minimum absolute atomic E-state index is 0.174. The maximum absolute atomic E-state index is 10.6. The molecule has 3 heteroatoms. The number of hydrogen-bond acceptors (Lipinski definition) is 1. The van der Waals surface area contributed by atoms with E-state index in [1.165, 1.54) is 16.7 Å². The van der Waals surface area contributed by atoms with E-state index in [9.17, 15) is 4.79 Å². The molecule has 0 aliphatic rings. The van der Waals surface area contributed by atoms with Gasteiger partial charge < -0.3 is 5.32 Å². The van der Waals surface area contributed by atoms with Gasteiger partial charge in [-0.1, -0.05) is 39.0 Å². The van der Waals surface area contributed by atoms with E-state index in [0.29, 0.717) is 6.54 Å². The number of nitrogens with one attached hydrogen (secondary N) is 1. The van der Waals surface area contributed by atoms with Crippen LogP contribution in [0.3, 0.4) is 0 Å². The highest BCUT2D eigenvalue weighted by molar-refractivity contribution is 6.62. The molecule has 0 aliphatic heterocycles. The van der Waals surface area contributed by atoms with E-state index < -0.39 is 5.37 Å². The van der Waals surface area contributed by atoms with E-state index in [0.717, 1.165) is 6.42 Å². The fraction of sp³-hybridized carbons (Fsp3) is 0.500. The zero-order chi connectivity index (χ0) is 13.1. The maximum atomic E-state index is 10.6. The first-order valence-corrected chi connectivity index (χ1v) is 6.22. The van der Waals surface area contributed by atoms with Gasteiger partial charge in [-0.25, -0.2) is 0 Å². The molecule has 17 heavy (non-hydrogen) atoms. The number of aryl methyl sites for hydroxylation is 1. The zero-order valence-electron chi connectivity index (χ0n) is 10.9. The highest BCUT2D eigenvalue weighted by Gasteiger charge is 2.14. The predicted molar refractivity (Wildman–Crippen MR) is 72.8 cm³/mol. The van der Waals surface area contributed by atoms with Gasteiger partial charge in [-0.2, -0.15) is 0 Å². The monoisotopic (exact) mass is 253 g/mol. The van der Waals surface area contributed by atoms with Crippen molar-refractivity contribution in [2.45, 2.75) is 39.5 Å². The normalized spacial score (nSPS) is 11.4. The third-order valence-corrected chi connectivity index (χ3v) is 3.00. The van der Waals surface area contributed by atoms with Gasteiger partial charge in [0.2, 0.25) is 0 Å². The number of benzene rings is 1. The van der Waals surface area contributed by atoms with Gasteiger partial charge in [-0.15, -0.1) is 0 Å². The Morgan fingerprint density at radius 3 is 2.47 bits per heavy atom. The van der Waals surface area contributed by atoms with Gasteiger partial charge in [0, 0.05) is 6.54 Å². The van der Waals surface area contributed by atoms with Crippen molar-refractivity contribution in [2.24, 2.45) is 0 Å². The van der Waals surface area contributed by atoms with E-state index in [2.05, 4.69) is 51.2 Å². The fourth-order valence-electron chi connectivity index (χ4n) is 1.74. The summed E-state index contributed by atoms with van der Waals surface area (Å²) >= 11 is 5.22. The third-order valence-electron chi connectivity index (χ3n) is 2.87. The molecule has 0 radical (unpaired) electrons. The van der Waals surface area contributed by atoms with Gasteiger partial charge in [0.05, 0.1) is 0 Å². The van der Waals surface area contributed by atoms with E-state index in [-0.39, 0.29) is 5.41 Å². The van der Waals surface area contributed by atoms with Crippen LogP contribution in [0, 0.1) is 6.92 Å². The molecule has 0 saturated carbocycles. The van der Waals surface area contributed by atoms with Crippen molar-refractivity contribution >= 4 is 17.0 Å². The number of amides is 1. The van der Waals surface area contributed by atoms with Crippen LogP contribution in [0.2, 0.25) is 0 Å². The van der Waals surface area contributed by atoms with Crippen molar-refractivity contribution in [3.63, 3.8) is 0 Å². The molecular weight excluding hydrogens is 234 g/mol. The molecule has 1 aromatic rings. The van der Waals surface area contributed by atoms with E-state index >= 15 is 0 Å². The molecule has 0 fully saturated rings. The second-order valence-electron chi connectivity index (χ2n) is 5.34. The van der Waals surface area contributed by atoms with Crippen LogP contribution in [0.25, 0.3) is 0 Å². The summed E-state index contributed by atoms with van der Waals surface area (Å²) in [5.74, 6) is 0. The fourth-order valence-corrected chi connectivity index (χ4v) is 1.83. The molecule has 94 valence electrons. The lowest BCUT2D eigenvalue weighted by atomic mass is 9.85. The van der Waals surface area contributed by atoms with Crippen LogP contribution in [0.15, 0.2) is 18.2 Å².